The van der Waals surface area contributed by atoms with Crippen LogP contribution in [0.25, 0.3) is 22.5 Å². The molecule has 0 aliphatic rings. The molecule has 3 aromatic carbocycles. The minimum Gasteiger partial charge on any atom is -0.497 e. The van der Waals surface area contributed by atoms with E-state index in [2.05, 4.69) is 31.5 Å². The number of sulfonamides is 1. The number of nitrogens with zero attached hydrogens (tertiary/aromatic N) is 4. The van der Waals surface area contributed by atoms with Gasteiger partial charge >= 0.3 is 0 Å². The molecular formula is C22H21BrN6O3S. The van der Waals surface area contributed by atoms with Crippen LogP contribution in [0.3, 0.4) is 0 Å². The number of ether oxygens (including phenoxy) is 1. The zero-order valence-corrected chi connectivity index (χ0v) is 20.0. The topological polar surface area (TPSA) is 139 Å². The van der Waals surface area contributed by atoms with E-state index in [1.54, 1.807) is 19.2 Å². The van der Waals surface area contributed by atoms with E-state index in [0.717, 1.165) is 22.4 Å². The maximum absolute atomic E-state index is 12.6. The molecule has 0 spiro atoms. The van der Waals surface area contributed by atoms with Gasteiger partial charge in [0.25, 0.3) is 0 Å². The third-order valence-corrected chi connectivity index (χ3v) is 7.06. The van der Waals surface area contributed by atoms with Crippen LogP contribution in [0.4, 0.5) is 0 Å². The van der Waals surface area contributed by atoms with E-state index in [1.807, 2.05) is 48.5 Å². The van der Waals surface area contributed by atoms with Gasteiger partial charge < -0.3 is 10.5 Å². The lowest BCUT2D eigenvalue weighted by Crippen LogP contribution is -2.16. The third kappa shape index (κ3) is 4.81. The summed E-state index contributed by atoms with van der Waals surface area (Å²) in [4.78, 5) is -0.0892. The fourth-order valence-electron chi connectivity index (χ4n) is 3.51. The SMILES string of the molecule is COc1ccc(Cn2nnnc2-c2c(-c3ccc(CN)cc3)ccc(Br)c2S(N)(=O)=O)cc1. The van der Waals surface area contributed by atoms with Crippen molar-refractivity contribution in [3.05, 3.63) is 76.3 Å². The molecule has 33 heavy (non-hydrogen) atoms. The summed E-state index contributed by atoms with van der Waals surface area (Å²) in [7, 11) is -2.53. The molecule has 0 saturated carbocycles. The number of tetrazole rings is 1. The third-order valence-electron chi connectivity index (χ3n) is 5.14. The Morgan fingerprint density at radius 3 is 2.27 bits per heavy atom. The Morgan fingerprint density at radius 1 is 1.00 bits per heavy atom. The largest absolute Gasteiger partial charge is 0.497 e. The predicted molar refractivity (Wildman–Crippen MR) is 128 cm³/mol. The summed E-state index contributed by atoms with van der Waals surface area (Å²) < 4.78 is 32.3. The molecule has 0 saturated heterocycles. The molecule has 170 valence electrons. The van der Waals surface area contributed by atoms with Gasteiger partial charge in [-0.15, -0.1) is 5.10 Å². The van der Waals surface area contributed by atoms with Gasteiger partial charge in [-0.05, 0) is 66.8 Å². The van der Waals surface area contributed by atoms with Gasteiger partial charge in [-0.2, -0.15) is 0 Å². The number of hydrogen-bond donors (Lipinski definition) is 2. The summed E-state index contributed by atoms with van der Waals surface area (Å²) in [5, 5.41) is 17.7. The Labute approximate surface area is 199 Å². The molecule has 1 aromatic heterocycles. The van der Waals surface area contributed by atoms with Gasteiger partial charge in [0, 0.05) is 16.6 Å². The van der Waals surface area contributed by atoms with Gasteiger partial charge in [-0.3, -0.25) is 0 Å². The van der Waals surface area contributed by atoms with Crippen molar-refractivity contribution in [2.75, 3.05) is 7.11 Å². The zero-order chi connectivity index (χ0) is 23.6. The van der Waals surface area contributed by atoms with Crippen LogP contribution in [0.5, 0.6) is 5.75 Å². The fourth-order valence-corrected chi connectivity index (χ4v) is 5.35. The summed E-state index contributed by atoms with van der Waals surface area (Å²) in [6, 6.07) is 18.4. The highest BCUT2D eigenvalue weighted by Gasteiger charge is 2.27. The van der Waals surface area contributed by atoms with Crippen molar-refractivity contribution >= 4 is 26.0 Å². The number of methoxy groups -OCH3 is 1. The first-order chi connectivity index (χ1) is 15.8. The van der Waals surface area contributed by atoms with Crippen molar-refractivity contribution in [2.45, 2.75) is 18.0 Å². The summed E-state index contributed by atoms with van der Waals surface area (Å²) in [5.41, 5.74) is 9.29. The molecule has 4 rings (SSSR count). The normalized spacial score (nSPS) is 11.5. The molecule has 4 N–H and O–H groups in total. The average molecular weight is 529 g/mol. The van der Waals surface area contributed by atoms with Gasteiger partial charge in [0.15, 0.2) is 5.82 Å². The lowest BCUT2D eigenvalue weighted by atomic mass is 9.98. The Kier molecular flexibility index (Phi) is 6.56. The molecule has 11 heteroatoms. The highest BCUT2D eigenvalue weighted by molar-refractivity contribution is 9.10. The smallest absolute Gasteiger partial charge is 0.239 e. The molecule has 9 nitrogen and oxygen atoms in total. The van der Waals surface area contributed by atoms with E-state index in [-0.39, 0.29) is 10.7 Å². The van der Waals surface area contributed by atoms with E-state index >= 15 is 0 Å². The number of hydrogen-bond acceptors (Lipinski definition) is 7. The van der Waals surface area contributed by atoms with Crippen LogP contribution in [0, 0.1) is 0 Å². The molecule has 0 atom stereocenters. The monoisotopic (exact) mass is 528 g/mol. The second-order valence-electron chi connectivity index (χ2n) is 7.25. The van der Waals surface area contributed by atoms with Gasteiger partial charge in [0.05, 0.1) is 13.7 Å². The lowest BCUT2D eigenvalue weighted by molar-refractivity contribution is 0.414. The molecule has 4 aromatic rings. The van der Waals surface area contributed by atoms with Gasteiger partial charge in [-0.1, -0.05) is 42.5 Å². The minimum absolute atomic E-state index is 0.0892. The maximum atomic E-state index is 12.6. The lowest BCUT2D eigenvalue weighted by Gasteiger charge is -2.16. The average Bonchev–Trinajstić information content (AvgIpc) is 3.26. The Bertz CT molecular complexity index is 1390. The van der Waals surface area contributed by atoms with Crippen molar-refractivity contribution in [3.8, 4) is 28.3 Å². The van der Waals surface area contributed by atoms with Gasteiger partial charge in [0.2, 0.25) is 10.0 Å². The molecule has 0 aliphatic heterocycles. The molecule has 0 unspecified atom stereocenters. The quantitative estimate of drug-likeness (QED) is 0.375. The Balaban J connectivity index is 1.91. The second kappa shape index (κ2) is 9.40. The minimum atomic E-state index is -4.12. The fraction of sp³-hybridized carbons (Fsp3) is 0.136. The van der Waals surface area contributed by atoms with E-state index in [4.69, 9.17) is 15.6 Å². The summed E-state index contributed by atoms with van der Waals surface area (Å²) in [6.45, 7) is 0.713. The van der Waals surface area contributed by atoms with Crippen molar-refractivity contribution in [1.82, 2.24) is 20.2 Å². The van der Waals surface area contributed by atoms with Gasteiger partial charge in [-0.25, -0.2) is 18.2 Å². The highest BCUT2D eigenvalue weighted by atomic mass is 79.9. The van der Waals surface area contributed by atoms with E-state index < -0.39 is 10.0 Å². The molecule has 0 aliphatic carbocycles. The van der Waals surface area contributed by atoms with E-state index in [9.17, 15) is 8.42 Å². The van der Waals surface area contributed by atoms with Crippen LogP contribution < -0.4 is 15.6 Å². The van der Waals surface area contributed by atoms with Crippen molar-refractivity contribution in [1.29, 1.82) is 0 Å². The number of rotatable bonds is 7. The number of primary sulfonamides is 1. The standard InChI is InChI=1S/C22H21BrN6O3S/c1-32-17-8-4-15(5-9-17)13-29-22(26-27-28-29)20-18(16-6-2-14(12-24)3-7-16)10-11-19(23)21(20)33(25,30)31/h2-11H,12-13,24H2,1H3,(H2,25,30,31). The first-order valence-corrected chi connectivity index (χ1v) is 12.2. The summed E-state index contributed by atoms with van der Waals surface area (Å²) >= 11 is 3.34. The first-order valence-electron chi connectivity index (χ1n) is 9.86. The molecule has 0 radical (unpaired) electrons. The molecule has 0 amide bonds. The highest BCUT2D eigenvalue weighted by Crippen LogP contribution is 2.39. The molecule has 0 fully saturated rings. The van der Waals surface area contributed by atoms with Gasteiger partial charge in [0.1, 0.15) is 10.6 Å². The molecular weight excluding hydrogens is 508 g/mol. The predicted octanol–water partition coefficient (Wildman–Crippen LogP) is 2.93. The molecule has 0 bridgehead atoms. The summed E-state index contributed by atoms with van der Waals surface area (Å²) in [5.74, 6) is 0.997. The van der Waals surface area contributed by atoms with Crippen molar-refractivity contribution < 1.29 is 13.2 Å². The van der Waals surface area contributed by atoms with Crippen LogP contribution in [0.2, 0.25) is 0 Å². The number of nitrogens with two attached hydrogens (primary N) is 2. The second-order valence-corrected chi connectivity index (χ2v) is 9.61. The van der Waals surface area contributed by atoms with Crippen LogP contribution in [0.15, 0.2) is 70.0 Å². The van der Waals surface area contributed by atoms with E-state index in [1.165, 1.54) is 4.68 Å². The maximum Gasteiger partial charge on any atom is 0.239 e. The van der Waals surface area contributed by atoms with Crippen LogP contribution in [0.1, 0.15) is 11.1 Å². The first kappa shape index (κ1) is 23.1. The van der Waals surface area contributed by atoms with Crippen LogP contribution in [-0.4, -0.2) is 35.7 Å². The Hall–Kier alpha value is -3.12. The van der Waals surface area contributed by atoms with Crippen LogP contribution >= 0.6 is 15.9 Å². The number of benzene rings is 3. The van der Waals surface area contributed by atoms with E-state index in [0.29, 0.717) is 28.7 Å². The zero-order valence-electron chi connectivity index (χ0n) is 17.6. The summed E-state index contributed by atoms with van der Waals surface area (Å²) in [6.07, 6.45) is 0. The Morgan fingerprint density at radius 2 is 1.67 bits per heavy atom. The van der Waals surface area contributed by atoms with Crippen LogP contribution in [-0.2, 0) is 23.1 Å². The number of halogens is 1. The number of aromatic nitrogens is 4. The van der Waals surface area contributed by atoms with Crippen molar-refractivity contribution in [3.63, 3.8) is 0 Å². The van der Waals surface area contributed by atoms with Crippen molar-refractivity contribution in [2.24, 2.45) is 10.9 Å². The molecule has 1 heterocycles.